The van der Waals surface area contributed by atoms with Crippen LogP contribution in [0.2, 0.25) is 0 Å². The zero-order valence-electron chi connectivity index (χ0n) is 12.0. The van der Waals surface area contributed by atoms with E-state index in [0.29, 0.717) is 6.61 Å². The fourth-order valence-corrected chi connectivity index (χ4v) is 1.63. The van der Waals surface area contributed by atoms with Crippen molar-refractivity contribution in [3.63, 3.8) is 0 Å². The number of hydrogen-bond donors (Lipinski definition) is 1. The van der Waals surface area contributed by atoms with E-state index in [4.69, 9.17) is 4.74 Å². The lowest BCUT2D eigenvalue weighted by molar-refractivity contribution is 0.253. The smallest absolute Gasteiger partial charge is 0.213 e. The van der Waals surface area contributed by atoms with Crippen LogP contribution in [0.3, 0.4) is 0 Å². The Morgan fingerprint density at radius 2 is 2.11 bits per heavy atom. The summed E-state index contributed by atoms with van der Waals surface area (Å²) in [6.45, 7) is 7.66. The number of likely N-dealkylation sites (N-methyl/N-ethyl adjacent to an activating group) is 1. The van der Waals surface area contributed by atoms with Gasteiger partial charge in [-0.15, -0.1) is 0 Å². The zero-order chi connectivity index (χ0) is 13.4. The van der Waals surface area contributed by atoms with E-state index in [1.54, 1.807) is 0 Å². The third kappa shape index (κ3) is 5.98. The van der Waals surface area contributed by atoms with Crippen molar-refractivity contribution in [2.75, 3.05) is 33.8 Å². The summed E-state index contributed by atoms with van der Waals surface area (Å²) >= 11 is 0. The Labute approximate surface area is 110 Å². The van der Waals surface area contributed by atoms with Gasteiger partial charge in [-0.1, -0.05) is 6.92 Å². The summed E-state index contributed by atoms with van der Waals surface area (Å²) in [6.07, 6.45) is 1.15. The predicted octanol–water partition coefficient (Wildman–Crippen LogP) is 1.83. The van der Waals surface area contributed by atoms with E-state index in [1.807, 2.05) is 27.1 Å². The molecule has 1 N–H and O–H groups in total. The van der Waals surface area contributed by atoms with E-state index in [9.17, 15) is 0 Å². The van der Waals surface area contributed by atoms with Gasteiger partial charge >= 0.3 is 0 Å². The fourth-order valence-electron chi connectivity index (χ4n) is 1.63. The highest BCUT2D eigenvalue weighted by Crippen LogP contribution is 2.12. The molecule has 0 aliphatic carbocycles. The fraction of sp³-hybridized carbons (Fsp3) is 0.643. The summed E-state index contributed by atoms with van der Waals surface area (Å²) in [5.74, 6) is 0.727. The largest absolute Gasteiger partial charge is 0.476 e. The molecule has 0 aromatic carbocycles. The van der Waals surface area contributed by atoms with Crippen molar-refractivity contribution in [1.82, 2.24) is 15.2 Å². The Morgan fingerprint density at radius 3 is 2.78 bits per heavy atom. The standard InChI is InChI=1S/C14H25N3O/c1-5-6-15-11-13-9-12(2)16-14(10-13)18-8-7-17(3)4/h9-10,15H,5-8,11H2,1-4H3. The summed E-state index contributed by atoms with van der Waals surface area (Å²) in [7, 11) is 4.07. The zero-order valence-corrected chi connectivity index (χ0v) is 12.0. The van der Waals surface area contributed by atoms with Gasteiger partial charge in [0.2, 0.25) is 5.88 Å². The molecule has 18 heavy (non-hydrogen) atoms. The van der Waals surface area contributed by atoms with Gasteiger partial charge in [0.25, 0.3) is 0 Å². The molecule has 1 aromatic heterocycles. The van der Waals surface area contributed by atoms with E-state index in [-0.39, 0.29) is 0 Å². The maximum absolute atomic E-state index is 5.66. The monoisotopic (exact) mass is 251 g/mol. The molecule has 0 amide bonds. The molecule has 0 aliphatic heterocycles. The van der Waals surface area contributed by atoms with Crippen molar-refractivity contribution in [3.8, 4) is 5.88 Å². The van der Waals surface area contributed by atoms with Gasteiger partial charge in [-0.25, -0.2) is 4.98 Å². The molecular weight excluding hydrogens is 226 g/mol. The molecule has 0 radical (unpaired) electrons. The van der Waals surface area contributed by atoms with Gasteiger partial charge in [-0.2, -0.15) is 0 Å². The molecule has 0 bridgehead atoms. The lowest BCUT2D eigenvalue weighted by Crippen LogP contribution is -2.20. The van der Waals surface area contributed by atoms with Crippen molar-refractivity contribution in [2.45, 2.75) is 26.8 Å². The lowest BCUT2D eigenvalue weighted by atomic mass is 10.2. The minimum atomic E-state index is 0.672. The minimum absolute atomic E-state index is 0.672. The van der Waals surface area contributed by atoms with Gasteiger partial charge in [-0.3, -0.25) is 0 Å². The maximum Gasteiger partial charge on any atom is 0.213 e. The average Bonchev–Trinajstić information content (AvgIpc) is 2.28. The lowest BCUT2D eigenvalue weighted by Gasteiger charge is -2.12. The van der Waals surface area contributed by atoms with Crippen molar-refractivity contribution < 1.29 is 4.74 Å². The summed E-state index contributed by atoms with van der Waals surface area (Å²) < 4.78 is 5.66. The van der Waals surface area contributed by atoms with E-state index < -0.39 is 0 Å². The normalized spacial score (nSPS) is 10.9. The molecule has 0 aliphatic rings. The Balaban J connectivity index is 2.51. The van der Waals surface area contributed by atoms with Crippen LogP contribution >= 0.6 is 0 Å². The van der Waals surface area contributed by atoms with Gasteiger partial charge < -0.3 is 15.0 Å². The third-order valence-corrected chi connectivity index (χ3v) is 2.53. The van der Waals surface area contributed by atoms with Crippen molar-refractivity contribution in [1.29, 1.82) is 0 Å². The third-order valence-electron chi connectivity index (χ3n) is 2.53. The summed E-state index contributed by atoms with van der Waals surface area (Å²) in [5.41, 5.74) is 2.24. The SMILES string of the molecule is CCCNCc1cc(C)nc(OCCN(C)C)c1. The molecular formula is C14H25N3O. The Bertz CT molecular complexity index is 353. The maximum atomic E-state index is 5.66. The van der Waals surface area contributed by atoms with Crippen LogP contribution in [0.15, 0.2) is 12.1 Å². The van der Waals surface area contributed by atoms with E-state index in [0.717, 1.165) is 37.6 Å². The number of nitrogens with zero attached hydrogens (tertiary/aromatic N) is 2. The molecule has 1 rings (SSSR count). The molecule has 4 nitrogen and oxygen atoms in total. The number of ether oxygens (including phenoxy) is 1. The highest BCUT2D eigenvalue weighted by atomic mass is 16.5. The van der Waals surface area contributed by atoms with Gasteiger partial charge in [-0.05, 0) is 45.6 Å². The topological polar surface area (TPSA) is 37.4 Å². The quantitative estimate of drug-likeness (QED) is 0.715. The molecule has 0 fully saturated rings. The number of nitrogens with one attached hydrogen (secondary N) is 1. The Morgan fingerprint density at radius 1 is 1.33 bits per heavy atom. The number of aromatic nitrogens is 1. The molecule has 4 heteroatoms. The van der Waals surface area contributed by atoms with Crippen LogP contribution in [0.5, 0.6) is 5.88 Å². The van der Waals surface area contributed by atoms with Crippen LogP contribution in [0.4, 0.5) is 0 Å². The number of hydrogen-bond acceptors (Lipinski definition) is 4. The molecule has 0 saturated carbocycles. The molecule has 102 valence electrons. The molecule has 0 spiro atoms. The van der Waals surface area contributed by atoms with Crippen LogP contribution < -0.4 is 10.1 Å². The summed E-state index contributed by atoms with van der Waals surface area (Å²) in [6, 6.07) is 4.12. The first-order valence-corrected chi connectivity index (χ1v) is 6.57. The average molecular weight is 251 g/mol. The summed E-state index contributed by atoms with van der Waals surface area (Å²) in [5, 5.41) is 3.39. The number of aryl methyl sites for hydroxylation is 1. The second-order valence-electron chi connectivity index (χ2n) is 4.78. The summed E-state index contributed by atoms with van der Waals surface area (Å²) in [4.78, 5) is 6.49. The molecule has 0 unspecified atom stereocenters. The first-order valence-electron chi connectivity index (χ1n) is 6.57. The van der Waals surface area contributed by atoms with Crippen LogP contribution in [-0.2, 0) is 6.54 Å². The first-order chi connectivity index (χ1) is 8.61. The predicted molar refractivity (Wildman–Crippen MR) is 75.0 cm³/mol. The minimum Gasteiger partial charge on any atom is -0.476 e. The Kier molecular flexibility index (Phi) is 6.68. The van der Waals surface area contributed by atoms with Crippen LogP contribution in [-0.4, -0.2) is 43.7 Å². The number of pyridine rings is 1. The van der Waals surface area contributed by atoms with Crippen molar-refractivity contribution >= 4 is 0 Å². The van der Waals surface area contributed by atoms with Crippen LogP contribution in [0, 0.1) is 6.92 Å². The van der Waals surface area contributed by atoms with Crippen LogP contribution in [0.25, 0.3) is 0 Å². The Hall–Kier alpha value is -1.13. The highest BCUT2D eigenvalue weighted by Gasteiger charge is 2.01. The number of rotatable bonds is 8. The van der Waals surface area contributed by atoms with Gasteiger partial charge in [0.05, 0.1) is 0 Å². The van der Waals surface area contributed by atoms with Gasteiger partial charge in [0.15, 0.2) is 0 Å². The van der Waals surface area contributed by atoms with Gasteiger partial charge in [0.1, 0.15) is 6.61 Å². The molecule has 0 atom stereocenters. The molecule has 1 aromatic rings. The van der Waals surface area contributed by atoms with Crippen molar-refractivity contribution in [2.24, 2.45) is 0 Å². The van der Waals surface area contributed by atoms with E-state index in [1.165, 1.54) is 5.56 Å². The van der Waals surface area contributed by atoms with E-state index >= 15 is 0 Å². The van der Waals surface area contributed by atoms with Gasteiger partial charge in [0, 0.05) is 24.8 Å². The second kappa shape index (κ2) is 8.06. The second-order valence-corrected chi connectivity index (χ2v) is 4.78. The molecule has 0 saturated heterocycles. The first kappa shape index (κ1) is 14.9. The van der Waals surface area contributed by atoms with E-state index in [2.05, 4.69) is 28.2 Å². The highest BCUT2D eigenvalue weighted by molar-refractivity contribution is 5.24. The van der Waals surface area contributed by atoms with Crippen molar-refractivity contribution in [3.05, 3.63) is 23.4 Å². The molecule has 1 heterocycles. The van der Waals surface area contributed by atoms with Crippen LogP contribution in [0.1, 0.15) is 24.6 Å².